The van der Waals surface area contributed by atoms with E-state index < -0.39 is 11.4 Å². The third-order valence-corrected chi connectivity index (χ3v) is 3.37. The van der Waals surface area contributed by atoms with Crippen molar-refractivity contribution in [1.82, 2.24) is 5.32 Å². The zero-order valence-corrected chi connectivity index (χ0v) is 12.5. The molecular formula is C16H22FNO3. The third kappa shape index (κ3) is 5.94. The number of nitrogens with one attached hydrogen (secondary N) is 1. The Morgan fingerprint density at radius 2 is 1.81 bits per heavy atom. The quantitative estimate of drug-likeness (QED) is 0.725. The van der Waals surface area contributed by atoms with E-state index in [2.05, 4.69) is 5.32 Å². The fourth-order valence-electron chi connectivity index (χ4n) is 2.08. The van der Waals surface area contributed by atoms with Gasteiger partial charge in [0.25, 0.3) is 0 Å². The lowest BCUT2D eigenvalue weighted by Gasteiger charge is -2.26. The Kier molecular flexibility index (Phi) is 6.34. The van der Waals surface area contributed by atoms with Gasteiger partial charge in [0.1, 0.15) is 5.82 Å². The van der Waals surface area contributed by atoms with Gasteiger partial charge in [0, 0.05) is 24.8 Å². The molecule has 0 spiro atoms. The molecular weight excluding hydrogens is 273 g/mol. The molecule has 0 aliphatic carbocycles. The molecule has 0 bridgehead atoms. The first kappa shape index (κ1) is 17.1. The number of hydrogen-bond acceptors (Lipinski definition) is 2. The number of aliphatic carboxylic acids is 1. The number of unbranched alkanes of at least 4 members (excludes halogenated alkanes) is 1. The van der Waals surface area contributed by atoms with Crippen LogP contribution in [-0.2, 0) is 15.0 Å². The highest BCUT2D eigenvalue weighted by molar-refractivity contribution is 5.76. The van der Waals surface area contributed by atoms with Crippen LogP contribution in [0.15, 0.2) is 24.3 Å². The lowest BCUT2D eigenvalue weighted by atomic mass is 9.84. The number of rotatable bonds is 8. The second-order valence-corrected chi connectivity index (χ2v) is 5.74. The Morgan fingerprint density at radius 1 is 1.19 bits per heavy atom. The van der Waals surface area contributed by atoms with E-state index in [1.54, 1.807) is 18.2 Å². The summed E-state index contributed by atoms with van der Waals surface area (Å²) >= 11 is 0. The monoisotopic (exact) mass is 295 g/mol. The van der Waals surface area contributed by atoms with Crippen molar-refractivity contribution in [1.29, 1.82) is 0 Å². The number of halogens is 1. The summed E-state index contributed by atoms with van der Waals surface area (Å²) in [5.74, 6) is -1.26. The van der Waals surface area contributed by atoms with Crippen LogP contribution in [0.2, 0.25) is 0 Å². The first-order valence-corrected chi connectivity index (χ1v) is 7.06. The van der Waals surface area contributed by atoms with Gasteiger partial charge >= 0.3 is 5.97 Å². The fraction of sp³-hybridized carbons (Fsp3) is 0.500. The third-order valence-electron chi connectivity index (χ3n) is 3.37. The van der Waals surface area contributed by atoms with Gasteiger partial charge in [-0.15, -0.1) is 0 Å². The molecule has 0 unspecified atom stereocenters. The van der Waals surface area contributed by atoms with Crippen LogP contribution >= 0.6 is 0 Å². The maximum absolute atomic E-state index is 13.8. The first-order chi connectivity index (χ1) is 9.83. The molecule has 0 atom stereocenters. The minimum absolute atomic E-state index is 0.0774. The fourth-order valence-corrected chi connectivity index (χ4v) is 2.08. The zero-order valence-electron chi connectivity index (χ0n) is 12.5. The molecule has 1 aromatic carbocycles. The Morgan fingerprint density at radius 3 is 2.43 bits per heavy atom. The lowest BCUT2D eigenvalue weighted by Crippen LogP contribution is -2.37. The summed E-state index contributed by atoms with van der Waals surface area (Å²) in [6, 6.07) is 6.53. The van der Waals surface area contributed by atoms with Gasteiger partial charge in [-0.3, -0.25) is 9.59 Å². The van der Waals surface area contributed by atoms with Crippen LogP contribution in [0.3, 0.4) is 0 Å². The number of carbonyl (C=O) groups is 2. The summed E-state index contributed by atoms with van der Waals surface area (Å²) in [6.07, 6.45) is 1.40. The molecule has 0 aromatic heterocycles. The van der Waals surface area contributed by atoms with Crippen LogP contribution in [0.1, 0.15) is 45.1 Å². The summed E-state index contributed by atoms with van der Waals surface area (Å²) < 4.78 is 13.8. The molecule has 0 aliphatic rings. The molecule has 2 N–H and O–H groups in total. The predicted molar refractivity (Wildman–Crippen MR) is 78.5 cm³/mol. The van der Waals surface area contributed by atoms with Crippen molar-refractivity contribution in [3.8, 4) is 0 Å². The maximum atomic E-state index is 13.8. The van der Waals surface area contributed by atoms with Crippen LogP contribution < -0.4 is 5.32 Å². The number of carboxylic acids is 1. The van der Waals surface area contributed by atoms with Crippen LogP contribution in [0.5, 0.6) is 0 Å². The molecule has 21 heavy (non-hydrogen) atoms. The second kappa shape index (κ2) is 7.76. The van der Waals surface area contributed by atoms with E-state index in [4.69, 9.17) is 5.11 Å². The van der Waals surface area contributed by atoms with Gasteiger partial charge in [-0.1, -0.05) is 32.0 Å². The van der Waals surface area contributed by atoms with E-state index in [0.29, 0.717) is 31.4 Å². The minimum atomic E-state index is -0.851. The van der Waals surface area contributed by atoms with Crippen molar-refractivity contribution in [3.63, 3.8) is 0 Å². The highest BCUT2D eigenvalue weighted by atomic mass is 19.1. The van der Waals surface area contributed by atoms with Crippen molar-refractivity contribution in [2.24, 2.45) is 0 Å². The van der Waals surface area contributed by atoms with Crippen molar-refractivity contribution in [3.05, 3.63) is 35.6 Å². The molecule has 5 heteroatoms. The van der Waals surface area contributed by atoms with E-state index in [1.807, 2.05) is 13.8 Å². The Labute approximate surface area is 124 Å². The Balaban J connectivity index is 2.41. The summed E-state index contributed by atoms with van der Waals surface area (Å²) in [5, 5.41) is 11.3. The second-order valence-electron chi connectivity index (χ2n) is 5.74. The van der Waals surface area contributed by atoms with E-state index in [1.165, 1.54) is 6.07 Å². The number of carboxylic acid groups (broad SMARTS) is 1. The number of carbonyl (C=O) groups excluding carboxylic acids is 1. The summed E-state index contributed by atoms with van der Waals surface area (Å²) in [7, 11) is 0. The van der Waals surface area contributed by atoms with Gasteiger partial charge in [-0.25, -0.2) is 4.39 Å². The van der Waals surface area contributed by atoms with Crippen molar-refractivity contribution >= 4 is 11.9 Å². The van der Waals surface area contributed by atoms with Crippen molar-refractivity contribution in [2.75, 3.05) is 6.54 Å². The molecule has 1 aromatic rings. The molecule has 1 amide bonds. The van der Waals surface area contributed by atoms with Crippen LogP contribution in [0.4, 0.5) is 4.39 Å². The lowest BCUT2D eigenvalue weighted by molar-refractivity contribution is -0.137. The summed E-state index contributed by atoms with van der Waals surface area (Å²) in [6.45, 7) is 4.08. The highest BCUT2D eigenvalue weighted by Crippen LogP contribution is 2.24. The topological polar surface area (TPSA) is 66.4 Å². The largest absolute Gasteiger partial charge is 0.481 e. The SMILES string of the molecule is CC(C)(CNC(=O)CCCCC(=O)O)c1ccccc1F. The average molecular weight is 295 g/mol. The standard InChI is InChI=1S/C16H22FNO3/c1-16(2,12-7-3-4-8-13(12)17)11-18-14(19)9-5-6-10-15(20)21/h3-4,7-8H,5-6,9-11H2,1-2H3,(H,18,19)(H,20,21). The smallest absolute Gasteiger partial charge is 0.303 e. The normalized spacial score (nSPS) is 11.2. The van der Waals surface area contributed by atoms with Crippen molar-refractivity contribution in [2.45, 2.75) is 44.9 Å². The van der Waals surface area contributed by atoms with E-state index in [9.17, 15) is 14.0 Å². The van der Waals surface area contributed by atoms with Gasteiger partial charge in [-0.05, 0) is 24.5 Å². The number of benzene rings is 1. The number of hydrogen-bond donors (Lipinski definition) is 2. The highest BCUT2D eigenvalue weighted by Gasteiger charge is 2.24. The van der Waals surface area contributed by atoms with Gasteiger partial charge in [0.2, 0.25) is 5.91 Å². The molecule has 0 heterocycles. The van der Waals surface area contributed by atoms with Crippen LogP contribution in [0.25, 0.3) is 0 Å². The maximum Gasteiger partial charge on any atom is 0.303 e. The van der Waals surface area contributed by atoms with E-state index in [-0.39, 0.29) is 18.1 Å². The molecule has 4 nitrogen and oxygen atoms in total. The van der Waals surface area contributed by atoms with Gasteiger partial charge in [0.05, 0.1) is 0 Å². The van der Waals surface area contributed by atoms with Gasteiger partial charge < -0.3 is 10.4 Å². The average Bonchev–Trinajstić information content (AvgIpc) is 2.41. The van der Waals surface area contributed by atoms with Crippen molar-refractivity contribution < 1.29 is 19.1 Å². The zero-order chi connectivity index (χ0) is 15.9. The molecule has 0 aliphatic heterocycles. The molecule has 116 valence electrons. The molecule has 0 saturated carbocycles. The van der Waals surface area contributed by atoms with Gasteiger partial charge in [-0.2, -0.15) is 0 Å². The molecule has 0 radical (unpaired) electrons. The van der Waals surface area contributed by atoms with E-state index >= 15 is 0 Å². The predicted octanol–water partition coefficient (Wildman–Crippen LogP) is 2.86. The Bertz CT molecular complexity index is 500. The molecule has 0 fully saturated rings. The van der Waals surface area contributed by atoms with Gasteiger partial charge in [0.15, 0.2) is 0 Å². The molecule has 0 saturated heterocycles. The first-order valence-electron chi connectivity index (χ1n) is 7.06. The van der Waals surface area contributed by atoms with E-state index in [0.717, 1.165) is 0 Å². The number of amides is 1. The summed E-state index contributed by atoms with van der Waals surface area (Å²) in [5.41, 5.74) is 0.0680. The minimum Gasteiger partial charge on any atom is -0.481 e. The summed E-state index contributed by atoms with van der Waals surface area (Å²) in [4.78, 5) is 22.1. The van der Waals surface area contributed by atoms with Crippen LogP contribution in [0, 0.1) is 5.82 Å². The molecule has 1 rings (SSSR count). The van der Waals surface area contributed by atoms with Crippen LogP contribution in [-0.4, -0.2) is 23.5 Å². The Hall–Kier alpha value is -1.91.